The van der Waals surface area contributed by atoms with Crippen LogP contribution in [0.25, 0.3) is 55.1 Å². The molecule has 2 heterocycles. The Labute approximate surface area is 217 Å². The lowest BCUT2D eigenvalue weighted by Crippen LogP contribution is -2.34. The molecule has 0 unspecified atom stereocenters. The highest BCUT2D eigenvalue weighted by Crippen LogP contribution is 2.43. The van der Waals surface area contributed by atoms with Crippen LogP contribution < -0.4 is 4.57 Å². The third-order valence-electron chi connectivity index (χ3n) is 7.08. The summed E-state index contributed by atoms with van der Waals surface area (Å²) in [4.78, 5) is 0. The number of benzene rings is 4. The molecule has 37 heavy (non-hydrogen) atoms. The zero-order chi connectivity index (χ0) is 27.8. The predicted octanol–water partition coefficient (Wildman–Crippen LogP) is 8.78. The second-order valence-corrected chi connectivity index (χ2v) is 10.6. The fourth-order valence-electron chi connectivity index (χ4n) is 5.22. The molecule has 2 aromatic heterocycles. The van der Waals surface area contributed by atoms with Gasteiger partial charge in [-0.2, -0.15) is 0 Å². The predicted molar refractivity (Wildman–Crippen MR) is 147 cm³/mol. The number of nitrogens with zero attached hydrogens (tertiary/aromatic N) is 1. The Balaban J connectivity index is 1.73. The molecule has 0 aliphatic heterocycles. The average Bonchev–Trinajstić information content (AvgIpc) is 3.26. The van der Waals surface area contributed by atoms with E-state index in [9.17, 15) is 0 Å². The van der Waals surface area contributed by atoms with E-state index in [4.69, 9.17) is 7.16 Å². The fourth-order valence-corrected chi connectivity index (χ4v) is 5.22. The molecule has 184 valence electrons. The summed E-state index contributed by atoms with van der Waals surface area (Å²) in [6.45, 7) is 7.36. The van der Waals surface area contributed by atoms with Crippen molar-refractivity contribution in [2.75, 3.05) is 0 Å². The van der Waals surface area contributed by atoms with E-state index in [1.807, 2.05) is 82.3 Å². The first kappa shape index (κ1) is 21.1. The summed E-state index contributed by atoms with van der Waals surface area (Å²) >= 11 is 0. The number of aryl methyl sites for hydroxylation is 1. The second kappa shape index (κ2) is 8.24. The minimum Gasteiger partial charge on any atom is -0.454 e. The summed E-state index contributed by atoms with van der Waals surface area (Å²) in [5, 5.41) is 3.35. The Bertz CT molecular complexity index is 1930. The lowest BCUT2D eigenvalue weighted by Gasteiger charge is -2.18. The molecule has 0 aliphatic carbocycles. The monoisotopic (exact) mass is 494 g/mol. The Morgan fingerprint density at radius 1 is 0.784 bits per heavy atom. The molecule has 4 heteroatoms. The van der Waals surface area contributed by atoms with Crippen LogP contribution in [0.15, 0.2) is 83.4 Å². The standard InChI is InChI=1S/C33H28F2NO/c1-19-13-14-23-24-15-16-26(34)30(22-12-8-10-20-9-6-7-11-21(20)22)32(24)37-31(23)29(19)28-17-27(35)25(18-36(28)5)33(2,3)4/h6-18H,1-5H3/q+1/i17D,18D. The van der Waals surface area contributed by atoms with Crippen molar-refractivity contribution in [1.29, 1.82) is 0 Å². The van der Waals surface area contributed by atoms with Crippen molar-refractivity contribution in [2.24, 2.45) is 7.05 Å². The van der Waals surface area contributed by atoms with Crippen LogP contribution >= 0.6 is 0 Å². The fraction of sp³-hybridized carbons (Fsp3) is 0.182. The molecule has 0 atom stereocenters. The SMILES string of the molecule is [2H]c1c(F)c(C(C)(C)C)c([2H])[n+](C)c1-c1c(C)ccc2c1oc1c(-c3cccc4ccccc34)c(F)ccc12. The van der Waals surface area contributed by atoms with E-state index >= 15 is 8.78 Å². The second-order valence-electron chi connectivity index (χ2n) is 10.6. The van der Waals surface area contributed by atoms with Gasteiger partial charge in [-0.25, -0.2) is 13.3 Å². The largest absolute Gasteiger partial charge is 0.454 e. The zero-order valence-electron chi connectivity index (χ0n) is 23.5. The summed E-state index contributed by atoms with van der Waals surface area (Å²) in [5.41, 5.74) is 2.97. The van der Waals surface area contributed by atoms with Crippen molar-refractivity contribution < 1.29 is 20.5 Å². The van der Waals surface area contributed by atoms with E-state index in [0.717, 1.165) is 27.1 Å². The van der Waals surface area contributed by atoms with Gasteiger partial charge in [0.15, 0.2) is 6.17 Å². The number of rotatable bonds is 2. The van der Waals surface area contributed by atoms with Gasteiger partial charge < -0.3 is 4.42 Å². The van der Waals surface area contributed by atoms with Crippen LogP contribution in [0.3, 0.4) is 0 Å². The summed E-state index contributed by atoms with van der Waals surface area (Å²) in [5.74, 6) is -1.12. The van der Waals surface area contributed by atoms with Crippen LogP contribution in [-0.2, 0) is 12.5 Å². The maximum Gasteiger partial charge on any atom is 0.219 e. The molecule has 0 N–H and O–H groups in total. The topological polar surface area (TPSA) is 17.0 Å². The van der Waals surface area contributed by atoms with Gasteiger partial charge in [0.1, 0.15) is 31.2 Å². The molecule has 0 bridgehead atoms. The lowest BCUT2D eigenvalue weighted by atomic mass is 9.87. The first-order valence-electron chi connectivity index (χ1n) is 13.3. The van der Waals surface area contributed by atoms with Crippen LogP contribution in [-0.4, -0.2) is 0 Å². The van der Waals surface area contributed by atoms with Gasteiger partial charge in [0, 0.05) is 16.8 Å². The molecule has 2 nitrogen and oxygen atoms in total. The number of halogens is 2. The van der Waals surface area contributed by atoms with Gasteiger partial charge in [0.2, 0.25) is 5.69 Å². The maximum atomic E-state index is 15.7. The number of pyridine rings is 1. The van der Waals surface area contributed by atoms with Crippen molar-refractivity contribution >= 4 is 32.7 Å². The van der Waals surface area contributed by atoms with Gasteiger partial charge in [-0.1, -0.05) is 75.4 Å². The molecule has 0 saturated carbocycles. The van der Waals surface area contributed by atoms with Crippen molar-refractivity contribution in [1.82, 2.24) is 0 Å². The van der Waals surface area contributed by atoms with E-state index in [0.29, 0.717) is 27.9 Å². The highest BCUT2D eigenvalue weighted by atomic mass is 19.1. The van der Waals surface area contributed by atoms with Gasteiger partial charge in [-0.15, -0.1) is 0 Å². The highest BCUT2D eigenvalue weighted by Gasteiger charge is 2.28. The van der Waals surface area contributed by atoms with E-state index in [2.05, 4.69) is 0 Å². The molecule has 0 amide bonds. The minimum atomic E-state index is -0.712. The Morgan fingerprint density at radius 2 is 1.46 bits per heavy atom. The molecule has 4 aromatic carbocycles. The van der Waals surface area contributed by atoms with Gasteiger partial charge in [0.25, 0.3) is 0 Å². The summed E-state index contributed by atoms with van der Waals surface area (Å²) in [6, 6.07) is 20.2. The van der Waals surface area contributed by atoms with Crippen molar-refractivity contribution in [3.05, 3.63) is 102 Å². The minimum absolute atomic E-state index is 0.000929. The van der Waals surface area contributed by atoms with Crippen LogP contribution in [0.4, 0.5) is 8.78 Å². The van der Waals surface area contributed by atoms with Crippen LogP contribution in [0.5, 0.6) is 0 Å². The summed E-state index contributed by atoms with van der Waals surface area (Å²) < 4.78 is 56.9. The first-order chi connectivity index (χ1) is 18.5. The molecule has 0 spiro atoms. The number of hydrogen-bond donors (Lipinski definition) is 0. The van der Waals surface area contributed by atoms with E-state index in [-0.39, 0.29) is 23.5 Å². The summed E-state index contributed by atoms with van der Waals surface area (Å²) in [6.07, 6.45) is 0.000929. The third kappa shape index (κ3) is 3.62. The van der Waals surface area contributed by atoms with Gasteiger partial charge >= 0.3 is 0 Å². The number of fused-ring (bicyclic) bond motifs is 4. The van der Waals surface area contributed by atoms with Gasteiger partial charge in [-0.3, -0.25) is 0 Å². The molecule has 6 rings (SSSR count). The number of furan rings is 1. The average molecular weight is 495 g/mol. The van der Waals surface area contributed by atoms with Crippen LogP contribution in [0, 0.1) is 18.6 Å². The molecule has 0 aliphatic rings. The number of hydrogen-bond acceptors (Lipinski definition) is 1. The smallest absolute Gasteiger partial charge is 0.219 e. The maximum absolute atomic E-state index is 15.7. The van der Waals surface area contributed by atoms with Crippen LogP contribution in [0.1, 0.15) is 34.6 Å². The zero-order valence-corrected chi connectivity index (χ0v) is 21.5. The molecule has 0 radical (unpaired) electrons. The lowest BCUT2D eigenvalue weighted by molar-refractivity contribution is -0.661. The Kier molecular flexibility index (Phi) is 4.69. The quantitative estimate of drug-likeness (QED) is 0.220. The number of aromatic nitrogens is 1. The molecular weight excluding hydrogens is 464 g/mol. The van der Waals surface area contributed by atoms with Gasteiger partial charge in [0.05, 0.1) is 18.1 Å². The summed E-state index contributed by atoms with van der Waals surface area (Å²) in [7, 11) is 1.67. The molecular formula is C33H28F2NO+. The van der Waals surface area contributed by atoms with Crippen molar-refractivity contribution in [2.45, 2.75) is 33.1 Å². The van der Waals surface area contributed by atoms with Crippen molar-refractivity contribution in [3.8, 4) is 22.4 Å². The Morgan fingerprint density at radius 3 is 2.22 bits per heavy atom. The molecule has 6 aromatic rings. The third-order valence-corrected chi connectivity index (χ3v) is 7.08. The highest BCUT2D eigenvalue weighted by molar-refractivity contribution is 6.15. The van der Waals surface area contributed by atoms with Crippen molar-refractivity contribution in [3.63, 3.8) is 0 Å². The van der Waals surface area contributed by atoms with E-state index in [1.54, 1.807) is 17.7 Å². The van der Waals surface area contributed by atoms with Gasteiger partial charge in [-0.05, 0) is 46.4 Å². The van der Waals surface area contributed by atoms with E-state index in [1.165, 1.54) is 6.07 Å². The van der Waals surface area contributed by atoms with Crippen LogP contribution in [0.2, 0.25) is 0 Å². The first-order valence-corrected chi connectivity index (χ1v) is 12.3. The van der Waals surface area contributed by atoms with E-state index < -0.39 is 17.0 Å². The Hall–Kier alpha value is -4.05. The molecule has 0 fully saturated rings. The normalized spacial score (nSPS) is 12.9. The molecule has 0 saturated heterocycles.